The molecule has 0 saturated heterocycles. The van der Waals surface area contributed by atoms with Crippen molar-refractivity contribution in [3.05, 3.63) is 23.3 Å². The Labute approximate surface area is 64.4 Å². The van der Waals surface area contributed by atoms with E-state index in [1.165, 1.54) is 6.92 Å². The van der Waals surface area contributed by atoms with Gasteiger partial charge in [0.1, 0.15) is 18.3 Å². The second-order valence-corrected chi connectivity index (χ2v) is 2.09. The van der Waals surface area contributed by atoms with Gasteiger partial charge in [0.05, 0.1) is 0 Å². The molecular weight excluding hydrogens is 153 g/mol. The molecule has 0 amide bonds. The minimum absolute atomic E-state index is 0.106. The lowest BCUT2D eigenvalue weighted by molar-refractivity contribution is 0.537. The standard InChI is InChI=1S/C8H11F3/c1-3-7(10)6(2)8(11)4-5-9/h4H,3,5H2,1-2H3/b7-6+,8-4+. The summed E-state index contributed by atoms with van der Waals surface area (Å²) in [5, 5.41) is 0. The van der Waals surface area contributed by atoms with Gasteiger partial charge < -0.3 is 0 Å². The zero-order valence-electron chi connectivity index (χ0n) is 6.63. The first kappa shape index (κ1) is 10.3. The molecule has 0 unspecified atom stereocenters. The van der Waals surface area contributed by atoms with E-state index >= 15 is 0 Å². The molecule has 0 bridgehead atoms. The topological polar surface area (TPSA) is 0 Å². The summed E-state index contributed by atoms with van der Waals surface area (Å²) in [6, 6.07) is 0. The summed E-state index contributed by atoms with van der Waals surface area (Å²) in [6.07, 6.45) is 0.851. The quantitative estimate of drug-likeness (QED) is 0.560. The van der Waals surface area contributed by atoms with Crippen LogP contribution >= 0.6 is 0 Å². The maximum Gasteiger partial charge on any atom is 0.127 e. The Morgan fingerprint density at radius 3 is 2.27 bits per heavy atom. The van der Waals surface area contributed by atoms with Crippen LogP contribution in [-0.2, 0) is 0 Å². The lowest BCUT2D eigenvalue weighted by Gasteiger charge is -1.97. The van der Waals surface area contributed by atoms with Crippen molar-refractivity contribution < 1.29 is 13.2 Å². The molecule has 0 rings (SSSR count). The molecule has 3 heteroatoms. The first-order valence-electron chi connectivity index (χ1n) is 3.40. The fraction of sp³-hybridized carbons (Fsp3) is 0.500. The summed E-state index contributed by atoms with van der Waals surface area (Å²) in [5.41, 5.74) is -0.106. The Morgan fingerprint density at radius 1 is 1.36 bits per heavy atom. The Balaban J connectivity index is 4.46. The van der Waals surface area contributed by atoms with Crippen molar-refractivity contribution in [2.24, 2.45) is 0 Å². The fourth-order valence-corrected chi connectivity index (χ4v) is 0.616. The van der Waals surface area contributed by atoms with Gasteiger partial charge in [0.25, 0.3) is 0 Å². The third-order valence-electron chi connectivity index (χ3n) is 1.33. The molecule has 0 nitrogen and oxygen atoms in total. The molecule has 0 aliphatic heterocycles. The van der Waals surface area contributed by atoms with Gasteiger partial charge in [-0.05, 0) is 19.4 Å². The fourth-order valence-electron chi connectivity index (χ4n) is 0.616. The maximum atomic E-state index is 12.6. The zero-order valence-corrected chi connectivity index (χ0v) is 6.63. The number of hydrogen-bond acceptors (Lipinski definition) is 0. The van der Waals surface area contributed by atoms with Crippen molar-refractivity contribution in [1.82, 2.24) is 0 Å². The Kier molecular flexibility index (Phi) is 4.66. The van der Waals surface area contributed by atoms with Crippen LogP contribution in [0.4, 0.5) is 13.2 Å². The highest BCUT2D eigenvalue weighted by Crippen LogP contribution is 2.18. The van der Waals surface area contributed by atoms with E-state index < -0.39 is 18.3 Å². The van der Waals surface area contributed by atoms with Crippen LogP contribution in [0.15, 0.2) is 23.3 Å². The Bertz CT molecular complexity index is 180. The molecule has 0 fully saturated rings. The summed E-state index contributed by atoms with van der Waals surface area (Å²) in [6.45, 7) is 1.96. The Hall–Kier alpha value is -0.730. The minimum atomic E-state index is -0.903. The van der Waals surface area contributed by atoms with Gasteiger partial charge in [0.15, 0.2) is 0 Å². The average molecular weight is 164 g/mol. The summed E-state index contributed by atoms with van der Waals surface area (Å²) >= 11 is 0. The van der Waals surface area contributed by atoms with E-state index in [1.54, 1.807) is 6.92 Å². The van der Waals surface area contributed by atoms with Crippen molar-refractivity contribution >= 4 is 0 Å². The van der Waals surface area contributed by atoms with E-state index in [1.807, 2.05) is 0 Å². The largest absolute Gasteiger partial charge is 0.246 e. The van der Waals surface area contributed by atoms with Crippen LogP contribution in [0.1, 0.15) is 20.3 Å². The smallest absolute Gasteiger partial charge is 0.127 e. The van der Waals surface area contributed by atoms with Crippen LogP contribution in [0.3, 0.4) is 0 Å². The highest BCUT2D eigenvalue weighted by Gasteiger charge is 2.03. The third kappa shape index (κ3) is 3.25. The lowest BCUT2D eigenvalue weighted by atomic mass is 10.2. The summed E-state index contributed by atoms with van der Waals surface area (Å²) < 4.78 is 36.6. The van der Waals surface area contributed by atoms with Gasteiger partial charge in [-0.1, -0.05) is 6.92 Å². The molecule has 0 aromatic heterocycles. The molecule has 0 aromatic rings. The van der Waals surface area contributed by atoms with Gasteiger partial charge in [-0.15, -0.1) is 0 Å². The molecule has 0 atom stereocenters. The number of alkyl halides is 1. The van der Waals surface area contributed by atoms with Crippen LogP contribution in [0.5, 0.6) is 0 Å². The van der Waals surface area contributed by atoms with E-state index in [9.17, 15) is 13.2 Å². The van der Waals surface area contributed by atoms with Crippen molar-refractivity contribution in [2.45, 2.75) is 20.3 Å². The predicted octanol–water partition coefficient (Wildman–Crippen LogP) is 3.46. The third-order valence-corrected chi connectivity index (χ3v) is 1.33. The van der Waals surface area contributed by atoms with E-state index in [0.29, 0.717) is 6.08 Å². The van der Waals surface area contributed by atoms with E-state index in [0.717, 1.165) is 0 Å². The predicted molar refractivity (Wildman–Crippen MR) is 39.3 cm³/mol. The van der Waals surface area contributed by atoms with Gasteiger partial charge in [-0.3, -0.25) is 0 Å². The second-order valence-electron chi connectivity index (χ2n) is 2.09. The lowest BCUT2D eigenvalue weighted by Crippen LogP contribution is -1.83. The molecular formula is C8H11F3. The van der Waals surface area contributed by atoms with Gasteiger partial charge in [0.2, 0.25) is 0 Å². The highest BCUT2D eigenvalue weighted by atomic mass is 19.1. The van der Waals surface area contributed by atoms with E-state index in [-0.39, 0.29) is 12.0 Å². The van der Waals surface area contributed by atoms with Crippen LogP contribution in [0.25, 0.3) is 0 Å². The van der Waals surface area contributed by atoms with Crippen LogP contribution in [0, 0.1) is 0 Å². The molecule has 0 N–H and O–H groups in total. The summed E-state index contributed by atoms with van der Waals surface area (Å²) in [7, 11) is 0. The minimum Gasteiger partial charge on any atom is -0.246 e. The normalized spacial score (nSPS) is 14.8. The maximum absolute atomic E-state index is 12.6. The van der Waals surface area contributed by atoms with Crippen molar-refractivity contribution in [3.63, 3.8) is 0 Å². The van der Waals surface area contributed by atoms with Crippen LogP contribution in [-0.4, -0.2) is 6.67 Å². The number of halogens is 3. The molecule has 11 heavy (non-hydrogen) atoms. The van der Waals surface area contributed by atoms with Gasteiger partial charge in [-0.25, -0.2) is 13.2 Å². The molecule has 0 radical (unpaired) electrons. The van der Waals surface area contributed by atoms with Crippen molar-refractivity contribution in [1.29, 1.82) is 0 Å². The monoisotopic (exact) mass is 164 g/mol. The van der Waals surface area contributed by atoms with E-state index in [4.69, 9.17) is 0 Å². The zero-order chi connectivity index (χ0) is 8.85. The van der Waals surface area contributed by atoms with Gasteiger partial charge in [-0.2, -0.15) is 0 Å². The molecule has 0 saturated carbocycles. The Morgan fingerprint density at radius 2 is 1.91 bits per heavy atom. The first-order valence-corrected chi connectivity index (χ1v) is 3.40. The van der Waals surface area contributed by atoms with E-state index in [2.05, 4.69) is 0 Å². The highest BCUT2D eigenvalue weighted by molar-refractivity contribution is 5.25. The average Bonchev–Trinajstić information content (AvgIpc) is 2.02. The summed E-state index contributed by atoms with van der Waals surface area (Å²) in [5.74, 6) is -1.35. The SMILES string of the molecule is CC/C(F)=C(C)\C(F)=C/CF. The molecule has 0 heterocycles. The van der Waals surface area contributed by atoms with Gasteiger partial charge >= 0.3 is 0 Å². The van der Waals surface area contributed by atoms with Crippen LogP contribution in [0.2, 0.25) is 0 Å². The number of rotatable bonds is 3. The molecule has 0 spiro atoms. The van der Waals surface area contributed by atoms with Crippen LogP contribution < -0.4 is 0 Å². The van der Waals surface area contributed by atoms with Crippen molar-refractivity contribution in [3.8, 4) is 0 Å². The second kappa shape index (κ2) is 4.99. The van der Waals surface area contributed by atoms with Gasteiger partial charge in [0, 0.05) is 5.57 Å². The molecule has 64 valence electrons. The molecule has 0 aliphatic rings. The number of allylic oxidation sites excluding steroid dienone is 4. The summed E-state index contributed by atoms with van der Waals surface area (Å²) in [4.78, 5) is 0. The van der Waals surface area contributed by atoms with Crippen molar-refractivity contribution in [2.75, 3.05) is 6.67 Å². The molecule has 0 aromatic carbocycles. The number of hydrogen-bond donors (Lipinski definition) is 0. The molecule has 0 aliphatic carbocycles. The first-order chi connectivity index (χ1) is 5.13.